The van der Waals surface area contributed by atoms with Crippen LogP contribution in [0.2, 0.25) is 0 Å². The SMILES string of the molecule is CC1(C)OCCC(CC(=O)OCCN)O1. The van der Waals surface area contributed by atoms with Gasteiger partial charge >= 0.3 is 5.97 Å². The Morgan fingerprint density at radius 1 is 1.60 bits per heavy atom. The number of hydrogen-bond acceptors (Lipinski definition) is 5. The largest absolute Gasteiger partial charge is 0.464 e. The Bertz CT molecular complexity index is 217. The van der Waals surface area contributed by atoms with Crippen molar-refractivity contribution >= 4 is 5.97 Å². The van der Waals surface area contributed by atoms with Crippen molar-refractivity contribution in [3.8, 4) is 0 Å². The summed E-state index contributed by atoms with van der Waals surface area (Å²) in [5.41, 5.74) is 5.22. The van der Waals surface area contributed by atoms with Crippen LogP contribution in [0.1, 0.15) is 26.7 Å². The van der Waals surface area contributed by atoms with Crippen molar-refractivity contribution in [2.75, 3.05) is 19.8 Å². The van der Waals surface area contributed by atoms with Gasteiger partial charge in [-0.05, 0) is 20.3 Å². The van der Waals surface area contributed by atoms with Crippen LogP contribution in [-0.2, 0) is 19.0 Å². The molecule has 1 unspecified atom stereocenters. The summed E-state index contributed by atoms with van der Waals surface area (Å²) in [5, 5.41) is 0. The summed E-state index contributed by atoms with van der Waals surface area (Å²) in [6.07, 6.45) is 0.882. The highest BCUT2D eigenvalue weighted by atomic mass is 16.7. The Kier molecular flexibility index (Phi) is 4.50. The van der Waals surface area contributed by atoms with Crippen LogP contribution in [0.15, 0.2) is 0 Å². The summed E-state index contributed by atoms with van der Waals surface area (Å²) in [4.78, 5) is 11.3. The monoisotopic (exact) mass is 217 g/mol. The average Bonchev–Trinajstić information content (AvgIpc) is 2.13. The molecule has 1 fully saturated rings. The maximum Gasteiger partial charge on any atom is 0.308 e. The van der Waals surface area contributed by atoms with E-state index in [0.717, 1.165) is 6.42 Å². The van der Waals surface area contributed by atoms with Crippen LogP contribution in [0.25, 0.3) is 0 Å². The molecule has 0 bridgehead atoms. The third-order valence-corrected chi connectivity index (χ3v) is 2.12. The van der Waals surface area contributed by atoms with Crippen molar-refractivity contribution in [3.05, 3.63) is 0 Å². The number of ether oxygens (including phenoxy) is 3. The summed E-state index contributed by atoms with van der Waals surface area (Å²) in [5.74, 6) is -0.861. The van der Waals surface area contributed by atoms with Gasteiger partial charge < -0.3 is 19.9 Å². The molecule has 0 spiro atoms. The van der Waals surface area contributed by atoms with Crippen LogP contribution in [0.3, 0.4) is 0 Å². The zero-order chi connectivity index (χ0) is 11.3. The topological polar surface area (TPSA) is 70.8 Å². The molecule has 2 N–H and O–H groups in total. The lowest BCUT2D eigenvalue weighted by atomic mass is 10.1. The summed E-state index contributed by atoms with van der Waals surface area (Å²) in [6.45, 7) is 4.91. The van der Waals surface area contributed by atoms with Crippen LogP contribution in [0.4, 0.5) is 0 Å². The summed E-state index contributed by atoms with van der Waals surface area (Å²) in [7, 11) is 0. The zero-order valence-corrected chi connectivity index (χ0v) is 9.32. The first-order valence-electron chi connectivity index (χ1n) is 5.21. The minimum absolute atomic E-state index is 0.112. The van der Waals surface area contributed by atoms with Crippen LogP contribution in [-0.4, -0.2) is 37.6 Å². The lowest BCUT2D eigenvalue weighted by molar-refractivity contribution is -0.273. The first-order chi connectivity index (χ1) is 7.03. The molecular formula is C10H19NO4. The molecule has 1 rings (SSSR count). The second-order valence-corrected chi connectivity index (χ2v) is 3.99. The van der Waals surface area contributed by atoms with E-state index in [9.17, 15) is 4.79 Å². The second-order valence-electron chi connectivity index (χ2n) is 3.99. The molecule has 0 aliphatic carbocycles. The summed E-state index contributed by atoms with van der Waals surface area (Å²) < 4.78 is 15.8. The van der Waals surface area contributed by atoms with E-state index < -0.39 is 5.79 Å². The van der Waals surface area contributed by atoms with E-state index in [1.54, 1.807) is 0 Å². The Labute approximate surface area is 89.9 Å². The van der Waals surface area contributed by atoms with Gasteiger partial charge in [-0.25, -0.2) is 0 Å². The van der Waals surface area contributed by atoms with E-state index in [4.69, 9.17) is 19.9 Å². The minimum atomic E-state index is -0.600. The van der Waals surface area contributed by atoms with Gasteiger partial charge in [0.1, 0.15) is 6.61 Å². The minimum Gasteiger partial charge on any atom is -0.464 e. The fourth-order valence-corrected chi connectivity index (χ4v) is 1.49. The van der Waals surface area contributed by atoms with E-state index in [0.29, 0.717) is 13.2 Å². The van der Waals surface area contributed by atoms with Gasteiger partial charge in [-0.3, -0.25) is 4.79 Å². The highest BCUT2D eigenvalue weighted by Crippen LogP contribution is 2.23. The van der Waals surface area contributed by atoms with E-state index in [2.05, 4.69) is 0 Å². The average molecular weight is 217 g/mol. The van der Waals surface area contributed by atoms with E-state index in [1.165, 1.54) is 0 Å². The van der Waals surface area contributed by atoms with Crippen LogP contribution in [0.5, 0.6) is 0 Å². The highest BCUT2D eigenvalue weighted by molar-refractivity contribution is 5.69. The van der Waals surface area contributed by atoms with Gasteiger partial charge in [0.25, 0.3) is 0 Å². The Balaban J connectivity index is 2.28. The van der Waals surface area contributed by atoms with E-state index in [-0.39, 0.29) is 25.1 Å². The number of esters is 1. The molecule has 1 aliphatic rings. The number of hydrogen-bond donors (Lipinski definition) is 1. The van der Waals surface area contributed by atoms with Gasteiger partial charge in [0.2, 0.25) is 0 Å². The maximum atomic E-state index is 11.3. The molecule has 0 aromatic heterocycles. The van der Waals surface area contributed by atoms with Gasteiger partial charge in [0.05, 0.1) is 19.1 Å². The predicted octanol–water partition coefficient (Wildman–Crippen LogP) is 0.420. The molecule has 0 saturated carbocycles. The smallest absolute Gasteiger partial charge is 0.308 e. The lowest BCUT2D eigenvalue weighted by Gasteiger charge is -2.35. The third kappa shape index (κ3) is 4.59. The number of carbonyl (C=O) groups is 1. The van der Waals surface area contributed by atoms with Crippen LogP contribution >= 0.6 is 0 Å². The Morgan fingerprint density at radius 2 is 2.33 bits per heavy atom. The highest BCUT2D eigenvalue weighted by Gasteiger charge is 2.30. The van der Waals surface area contributed by atoms with Crippen molar-refractivity contribution in [1.82, 2.24) is 0 Å². The van der Waals surface area contributed by atoms with Crippen molar-refractivity contribution in [1.29, 1.82) is 0 Å². The van der Waals surface area contributed by atoms with Crippen molar-refractivity contribution in [2.24, 2.45) is 5.73 Å². The van der Waals surface area contributed by atoms with Crippen LogP contribution in [0, 0.1) is 0 Å². The molecule has 0 radical (unpaired) electrons. The van der Waals surface area contributed by atoms with Gasteiger partial charge in [-0.15, -0.1) is 0 Å². The van der Waals surface area contributed by atoms with Crippen molar-refractivity contribution < 1.29 is 19.0 Å². The molecular weight excluding hydrogens is 198 g/mol. The third-order valence-electron chi connectivity index (χ3n) is 2.12. The number of rotatable bonds is 4. The first kappa shape index (κ1) is 12.4. The van der Waals surface area contributed by atoms with Crippen molar-refractivity contribution in [2.45, 2.75) is 38.6 Å². The van der Waals surface area contributed by atoms with E-state index in [1.807, 2.05) is 13.8 Å². The molecule has 1 saturated heterocycles. The van der Waals surface area contributed by atoms with Gasteiger partial charge in [-0.2, -0.15) is 0 Å². The molecule has 0 aromatic carbocycles. The molecule has 0 amide bonds. The second kappa shape index (κ2) is 5.44. The number of nitrogens with two attached hydrogens (primary N) is 1. The molecule has 0 aromatic rings. The summed E-state index contributed by atoms with van der Waals surface area (Å²) in [6, 6.07) is 0. The number of carbonyl (C=O) groups excluding carboxylic acids is 1. The fourth-order valence-electron chi connectivity index (χ4n) is 1.49. The molecule has 5 heteroatoms. The maximum absolute atomic E-state index is 11.3. The Hall–Kier alpha value is -0.650. The molecule has 1 atom stereocenters. The predicted molar refractivity (Wildman–Crippen MR) is 54.2 cm³/mol. The molecule has 1 aliphatic heterocycles. The Morgan fingerprint density at radius 3 is 2.93 bits per heavy atom. The quantitative estimate of drug-likeness (QED) is 0.691. The lowest BCUT2D eigenvalue weighted by Crippen LogP contribution is -2.40. The van der Waals surface area contributed by atoms with Crippen LogP contribution < -0.4 is 5.73 Å². The zero-order valence-electron chi connectivity index (χ0n) is 9.32. The molecule has 15 heavy (non-hydrogen) atoms. The fraction of sp³-hybridized carbons (Fsp3) is 0.900. The summed E-state index contributed by atoms with van der Waals surface area (Å²) >= 11 is 0. The van der Waals surface area contributed by atoms with Gasteiger partial charge in [0, 0.05) is 6.54 Å². The molecule has 88 valence electrons. The van der Waals surface area contributed by atoms with Gasteiger partial charge in [0.15, 0.2) is 5.79 Å². The van der Waals surface area contributed by atoms with Gasteiger partial charge in [-0.1, -0.05) is 0 Å². The molecule has 1 heterocycles. The van der Waals surface area contributed by atoms with Crippen molar-refractivity contribution in [3.63, 3.8) is 0 Å². The first-order valence-corrected chi connectivity index (χ1v) is 5.21. The molecule has 5 nitrogen and oxygen atoms in total. The normalized spacial score (nSPS) is 24.9. The van der Waals surface area contributed by atoms with E-state index >= 15 is 0 Å². The standard InChI is InChI=1S/C10H19NO4/c1-10(2)14-5-3-8(15-10)7-9(12)13-6-4-11/h8H,3-7,11H2,1-2H3.